The quantitative estimate of drug-likeness (QED) is 0.116. The molecule has 12 heteroatoms. The number of Topliss-reactive ketones (excluding diaryl/α,β-unsaturated/α-hetero) is 2. The van der Waals surface area contributed by atoms with Crippen LogP contribution in [-0.4, -0.2) is 79.3 Å². The third-order valence-corrected chi connectivity index (χ3v) is 7.87. The van der Waals surface area contributed by atoms with Gasteiger partial charge < -0.3 is 30.5 Å². The highest BCUT2D eigenvalue weighted by Gasteiger charge is 2.69. The van der Waals surface area contributed by atoms with Crippen LogP contribution >= 0.6 is 11.6 Å². The van der Waals surface area contributed by atoms with Crippen molar-refractivity contribution < 1.29 is 44.3 Å². The molecule has 2 heterocycles. The van der Waals surface area contributed by atoms with E-state index < -0.39 is 45.8 Å². The van der Waals surface area contributed by atoms with Crippen LogP contribution < -0.4 is 5.32 Å². The summed E-state index contributed by atoms with van der Waals surface area (Å²) in [5.74, 6) is -8.03. The van der Waals surface area contributed by atoms with Gasteiger partial charge in [-0.3, -0.25) is 14.6 Å². The largest absolute Gasteiger partial charge is 0.479 e. The Labute approximate surface area is 275 Å². The first-order valence-electron chi connectivity index (χ1n) is 14.6. The maximum absolute atomic E-state index is 12.6. The van der Waals surface area contributed by atoms with Crippen LogP contribution in [0.3, 0.4) is 0 Å². The van der Waals surface area contributed by atoms with Crippen molar-refractivity contribution in [2.24, 2.45) is 0 Å². The Bertz CT molecular complexity index is 1590. The number of aromatic nitrogens is 1. The lowest BCUT2D eigenvalue weighted by atomic mass is 9.73. The zero-order chi connectivity index (χ0) is 34.0. The predicted octanol–water partition coefficient (Wildman–Crippen LogP) is 3.98. The summed E-state index contributed by atoms with van der Waals surface area (Å²) in [6.07, 6.45) is 4.03. The summed E-state index contributed by atoms with van der Waals surface area (Å²) in [7, 11) is 0. The number of benzene rings is 3. The molecule has 244 valence electrons. The number of nitrogens with one attached hydrogen (secondary N) is 1. The van der Waals surface area contributed by atoms with Gasteiger partial charge in [0.1, 0.15) is 6.10 Å². The molecule has 3 atom stereocenters. The van der Waals surface area contributed by atoms with E-state index in [1.54, 1.807) is 0 Å². The number of halogens is 1. The molecule has 0 saturated carbocycles. The Hall–Kier alpha value is -4.78. The van der Waals surface area contributed by atoms with Gasteiger partial charge in [0.25, 0.3) is 11.2 Å². The lowest BCUT2D eigenvalue weighted by Crippen LogP contribution is -2.71. The molecular weight excluding hydrogens is 628 g/mol. The number of hydrogen-bond donors (Lipinski definition) is 5. The number of rotatable bonds is 11. The molecule has 0 radical (unpaired) electrons. The van der Waals surface area contributed by atoms with Crippen molar-refractivity contribution in [2.75, 3.05) is 13.1 Å². The van der Waals surface area contributed by atoms with Crippen LogP contribution in [0.2, 0.25) is 5.02 Å². The zero-order valence-electron chi connectivity index (χ0n) is 25.0. The van der Waals surface area contributed by atoms with Crippen molar-refractivity contribution in [3.8, 4) is 0 Å². The molecule has 1 aromatic heterocycles. The van der Waals surface area contributed by atoms with Crippen LogP contribution in [0.1, 0.15) is 50.9 Å². The van der Waals surface area contributed by atoms with E-state index in [1.807, 2.05) is 48.7 Å². The summed E-state index contributed by atoms with van der Waals surface area (Å²) in [6, 6.07) is 26.6. The van der Waals surface area contributed by atoms with E-state index in [9.17, 15) is 39.6 Å². The normalized spacial score (nSPS) is 16.3. The zero-order valence-corrected chi connectivity index (χ0v) is 25.8. The van der Waals surface area contributed by atoms with E-state index in [2.05, 4.69) is 10.3 Å². The van der Waals surface area contributed by atoms with Crippen molar-refractivity contribution >= 4 is 35.1 Å². The molecule has 11 nitrogen and oxygen atoms in total. The van der Waals surface area contributed by atoms with Crippen molar-refractivity contribution in [1.82, 2.24) is 10.3 Å². The van der Waals surface area contributed by atoms with Gasteiger partial charge in [-0.15, -0.1) is 0 Å². The average molecular weight is 661 g/mol. The lowest BCUT2D eigenvalue weighted by molar-refractivity contribution is -0.187. The fourth-order valence-corrected chi connectivity index (χ4v) is 5.17. The lowest BCUT2D eigenvalue weighted by Gasteiger charge is -2.34. The average Bonchev–Trinajstić information content (AvgIpc) is 3.11. The van der Waals surface area contributed by atoms with Gasteiger partial charge in [-0.25, -0.2) is 9.59 Å². The highest BCUT2D eigenvalue weighted by atomic mass is 35.5. The Morgan fingerprint density at radius 2 is 1.19 bits per heavy atom. The number of carbonyl (C=O) groups is 4. The summed E-state index contributed by atoms with van der Waals surface area (Å²) in [5.41, 5.74) is -6.65. The molecule has 5 rings (SSSR count). The second-order valence-corrected chi connectivity index (χ2v) is 11.1. The molecule has 47 heavy (non-hydrogen) atoms. The molecule has 0 spiro atoms. The number of carboxylic acid groups (broad SMARTS) is 2. The van der Waals surface area contributed by atoms with Crippen LogP contribution in [0.4, 0.5) is 0 Å². The SMILES string of the molecule is Clc1ccc(C(OC2CCNCC2)c2ccccn2)cc1.O=C(O)C(O)(C(=O)c1ccccc1)C(O)(C(=O)O)C(=O)c1ccccc1. The number of ether oxygens (including phenoxy) is 1. The highest BCUT2D eigenvalue weighted by Crippen LogP contribution is 2.32. The predicted molar refractivity (Wildman–Crippen MR) is 171 cm³/mol. The first-order chi connectivity index (χ1) is 22.5. The van der Waals surface area contributed by atoms with Crippen molar-refractivity contribution in [2.45, 2.75) is 36.3 Å². The Morgan fingerprint density at radius 1 is 0.723 bits per heavy atom. The third kappa shape index (κ3) is 7.79. The van der Waals surface area contributed by atoms with E-state index in [1.165, 1.54) is 36.4 Å². The maximum atomic E-state index is 12.6. The number of carbonyl (C=O) groups excluding carboxylic acids is 2. The first kappa shape index (κ1) is 35.1. The van der Waals surface area contributed by atoms with Gasteiger partial charge in [0.15, 0.2) is 0 Å². The highest BCUT2D eigenvalue weighted by molar-refractivity contribution is 6.30. The van der Waals surface area contributed by atoms with Gasteiger partial charge >= 0.3 is 11.9 Å². The minimum atomic E-state index is -3.95. The fourth-order valence-electron chi connectivity index (χ4n) is 5.04. The van der Waals surface area contributed by atoms with E-state index in [0.29, 0.717) is 0 Å². The molecule has 3 unspecified atom stereocenters. The van der Waals surface area contributed by atoms with E-state index in [0.717, 1.165) is 66.5 Å². The molecule has 1 aliphatic rings. The molecule has 1 saturated heterocycles. The van der Waals surface area contributed by atoms with Gasteiger partial charge in [0.2, 0.25) is 11.6 Å². The van der Waals surface area contributed by atoms with Crippen LogP contribution in [0.15, 0.2) is 109 Å². The van der Waals surface area contributed by atoms with Crippen LogP contribution in [0, 0.1) is 0 Å². The Kier molecular flexibility index (Phi) is 11.7. The Balaban J connectivity index is 0.000000217. The molecule has 1 aliphatic heterocycles. The second kappa shape index (κ2) is 15.7. The van der Waals surface area contributed by atoms with Gasteiger partial charge in [0.05, 0.1) is 11.8 Å². The fraction of sp³-hybridized carbons (Fsp3) is 0.229. The maximum Gasteiger partial charge on any atom is 0.348 e. The summed E-state index contributed by atoms with van der Waals surface area (Å²) in [5, 5.41) is 44.0. The summed E-state index contributed by atoms with van der Waals surface area (Å²) in [4.78, 5) is 53.0. The van der Waals surface area contributed by atoms with Crippen LogP contribution in [0.25, 0.3) is 0 Å². The Morgan fingerprint density at radius 3 is 1.62 bits per heavy atom. The topological polar surface area (TPSA) is 183 Å². The van der Waals surface area contributed by atoms with Crippen LogP contribution in [-0.2, 0) is 14.3 Å². The molecule has 4 aromatic rings. The molecule has 5 N–H and O–H groups in total. The molecule has 0 amide bonds. The number of pyridine rings is 1. The number of piperidine rings is 1. The monoisotopic (exact) mass is 660 g/mol. The summed E-state index contributed by atoms with van der Waals surface area (Å²) < 4.78 is 6.36. The van der Waals surface area contributed by atoms with E-state index in [4.69, 9.17) is 16.3 Å². The van der Waals surface area contributed by atoms with E-state index >= 15 is 0 Å². The van der Waals surface area contributed by atoms with Crippen molar-refractivity contribution in [3.63, 3.8) is 0 Å². The van der Waals surface area contributed by atoms with Gasteiger partial charge in [0, 0.05) is 22.3 Å². The summed E-state index contributed by atoms with van der Waals surface area (Å²) in [6.45, 7) is 2.03. The minimum Gasteiger partial charge on any atom is -0.479 e. The number of aliphatic hydroxyl groups is 2. The van der Waals surface area contributed by atoms with E-state index in [-0.39, 0.29) is 12.2 Å². The number of nitrogens with zero attached hydrogens (tertiary/aromatic N) is 1. The minimum absolute atomic E-state index is 0.133. The smallest absolute Gasteiger partial charge is 0.348 e. The van der Waals surface area contributed by atoms with Gasteiger partial charge in [-0.2, -0.15) is 0 Å². The third-order valence-electron chi connectivity index (χ3n) is 7.62. The van der Waals surface area contributed by atoms with Crippen molar-refractivity contribution in [3.05, 3.63) is 137 Å². The molecular formula is C35H33ClN2O9. The van der Waals surface area contributed by atoms with Gasteiger partial charge in [-0.1, -0.05) is 90.5 Å². The first-order valence-corrected chi connectivity index (χ1v) is 15.0. The number of aliphatic carboxylic acids is 2. The molecule has 3 aromatic carbocycles. The van der Waals surface area contributed by atoms with Crippen molar-refractivity contribution in [1.29, 1.82) is 0 Å². The van der Waals surface area contributed by atoms with Gasteiger partial charge in [-0.05, 0) is 55.8 Å². The number of carboxylic acids is 2. The molecule has 0 bridgehead atoms. The molecule has 0 aliphatic carbocycles. The number of ketones is 2. The molecule has 1 fully saturated rings. The number of hydrogen-bond acceptors (Lipinski definition) is 9. The second-order valence-electron chi connectivity index (χ2n) is 10.7. The van der Waals surface area contributed by atoms with Crippen LogP contribution in [0.5, 0.6) is 0 Å². The standard InChI is InChI=1S/C18H14O8.C17H19ClN2O/c19-13(11-7-3-1-4-8-11)17(25,15(21)22)18(26,16(23)24)14(20)12-9-5-2-6-10-12;18-14-6-4-13(5-7-14)17(16-3-1-2-10-20-16)21-15-8-11-19-12-9-15/h1-10,25-26H,(H,21,22)(H,23,24);1-7,10,15,17,19H,8-9,11-12H2. The summed E-state index contributed by atoms with van der Waals surface area (Å²) >= 11 is 5.99.